The number of nitrogens with zero attached hydrogens (tertiary/aromatic N) is 2. The van der Waals surface area contributed by atoms with Gasteiger partial charge in [0.05, 0.1) is 6.10 Å². The van der Waals surface area contributed by atoms with Crippen molar-refractivity contribution in [1.29, 1.82) is 0 Å². The molecule has 1 fully saturated rings. The Balaban J connectivity index is 2.08. The van der Waals surface area contributed by atoms with Gasteiger partial charge in [-0.15, -0.1) is 0 Å². The lowest BCUT2D eigenvalue weighted by Crippen LogP contribution is -2.30. The smallest absolute Gasteiger partial charge is 0.317 e. The van der Waals surface area contributed by atoms with Crippen LogP contribution in [0.2, 0.25) is 0 Å². The van der Waals surface area contributed by atoms with E-state index in [2.05, 4.69) is 9.97 Å². The van der Waals surface area contributed by atoms with Crippen LogP contribution in [-0.2, 0) is 4.74 Å². The first kappa shape index (κ1) is 14.1. The van der Waals surface area contributed by atoms with Gasteiger partial charge >= 0.3 is 6.01 Å². The van der Waals surface area contributed by atoms with Crippen LogP contribution in [0.4, 0.5) is 0 Å². The van der Waals surface area contributed by atoms with Crippen molar-refractivity contribution in [3.05, 3.63) is 17.5 Å². The van der Waals surface area contributed by atoms with Gasteiger partial charge in [0.15, 0.2) is 0 Å². The summed E-state index contributed by atoms with van der Waals surface area (Å²) in [7, 11) is 1.74. The molecule has 1 aliphatic carbocycles. The molecule has 1 saturated carbocycles. The molecule has 2 atom stereocenters. The van der Waals surface area contributed by atoms with Crippen molar-refractivity contribution in [3.8, 4) is 6.01 Å². The van der Waals surface area contributed by atoms with Crippen molar-refractivity contribution in [2.75, 3.05) is 7.11 Å². The van der Waals surface area contributed by atoms with Crippen LogP contribution in [0.25, 0.3) is 0 Å². The van der Waals surface area contributed by atoms with E-state index in [1.165, 1.54) is 0 Å². The molecule has 1 aromatic rings. The lowest BCUT2D eigenvalue weighted by Gasteiger charge is -2.27. The summed E-state index contributed by atoms with van der Waals surface area (Å²) in [6, 6.07) is 2.11. The molecule has 1 aromatic heterocycles. The molecule has 0 saturated heterocycles. The summed E-state index contributed by atoms with van der Waals surface area (Å²) in [6.07, 6.45) is 4.41. The van der Waals surface area contributed by atoms with Gasteiger partial charge in [-0.05, 0) is 32.3 Å². The Morgan fingerprint density at radius 3 is 2.79 bits per heavy atom. The number of hydrogen-bond acceptors (Lipinski definition) is 5. The van der Waals surface area contributed by atoms with Crippen molar-refractivity contribution >= 4 is 17.2 Å². The molecule has 0 amide bonds. The second-order valence-corrected chi connectivity index (χ2v) is 5.25. The molecule has 0 aromatic carbocycles. The zero-order valence-corrected chi connectivity index (χ0v) is 12.1. The van der Waals surface area contributed by atoms with E-state index in [0.717, 1.165) is 31.4 Å². The van der Waals surface area contributed by atoms with E-state index in [9.17, 15) is 0 Å². The summed E-state index contributed by atoms with van der Waals surface area (Å²) in [5, 5.41) is 0. The van der Waals surface area contributed by atoms with Gasteiger partial charge in [0.25, 0.3) is 0 Å². The molecular formula is C13H19N3O2S. The van der Waals surface area contributed by atoms with Crippen molar-refractivity contribution in [1.82, 2.24) is 9.97 Å². The third-order valence-corrected chi connectivity index (χ3v) is 3.48. The van der Waals surface area contributed by atoms with Gasteiger partial charge in [0.2, 0.25) is 0 Å². The second-order valence-electron chi connectivity index (χ2n) is 4.81. The first-order valence-electron chi connectivity index (χ1n) is 6.43. The van der Waals surface area contributed by atoms with Crippen molar-refractivity contribution < 1.29 is 9.47 Å². The van der Waals surface area contributed by atoms with Gasteiger partial charge in [-0.25, -0.2) is 4.98 Å². The number of aryl methyl sites for hydroxylation is 1. The van der Waals surface area contributed by atoms with Crippen LogP contribution in [0.15, 0.2) is 6.07 Å². The van der Waals surface area contributed by atoms with Crippen molar-refractivity contribution in [3.63, 3.8) is 0 Å². The SMILES string of the molecule is COC1CCCC(Oc2nc(C)cc(C(N)=S)n2)C1. The normalized spacial score (nSPS) is 23.1. The number of ether oxygens (including phenoxy) is 2. The molecule has 2 unspecified atom stereocenters. The van der Waals surface area contributed by atoms with Gasteiger partial charge in [-0.1, -0.05) is 12.2 Å². The monoisotopic (exact) mass is 281 g/mol. The Morgan fingerprint density at radius 1 is 1.37 bits per heavy atom. The minimum atomic E-state index is 0.0969. The van der Waals surface area contributed by atoms with Crippen LogP contribution in [0, 0.1) is 6.92 Å². The van der Waals surface area contributed by atoms with E-state index in [-0.39, 0.29) is 17.2 Å². The molecule has 0 bridgehead atoms. The topological polar surface area (TPSA) is 70.3 Å². The van der Waals surface area contributed by atoms with Crippen LogP contribution in [0.5, 0.6) is 6.01 Å². The number of thiocarbonyl (C=S) groups is 1. The van der Waals surface area contributed by atoms with Crippen LogP contribution in [0.3, 0.4) is 0 Å². The lowest BCUT2D eigenvalue weighted by atomic mass is 9.95. The summed E-state index contributed by atoms with van der Waals surface area (Å²) < 4.78 is 11.2. The van der Waals surface area contributed by atoms with E-state index < -0.39 is 0 Å². The molecule has 2 rings (SSSR count). The van der Waals surface area contributed by atoms with Gasteiger partial charge < -0.3 is 15.2 Å². The molecule has 0 radical (unpaired) electrons. The molecule has 2 N–H and O–H groups in total. The maximum absolute atomic E-state index is 5.84. The summed E-state index contributed by atoms with van der Waals surface area (Å²) >= 11 is 4.94. The molecule has 0 aliphatic heterocycles. The number of rotatable bonds is 4. The molecule has 1 aliphatic rings. The number of methoxy groups -OCH3 is 1. The average molecular weight is 281 g/mol. The molecule has 104 valence electrons. The van der Waals surface area contributed by atoms with E-state index >= 15 is 0 Å². The maximum Gasteiger partial charge on any atom is 0.317 e. The summed E-state index contributed by atoms with van der Waals surface area (Å²) in [4.78, 5) is 8.77. The van der Waals surface area contributed by atoms with Crippen molar-refractivity contribution in [2.24, 2.45) is 5.73 Å². The quantitative estimate of drug-likeness (QED) is 0.848. The van der Waals surface area contributed by atoms with E-state index in [1.54, 1.807) is 13.2 Å². The molecular weight excluding hydrogens is 262 g/mol. The zero-order chi connectivity index (χ0) is 13.8. The molecule has 6 heteroatoms. The Labute approximate surface area is 118 Å². The zero-order valence-electron chi connectivity index (χ0n) is 11.3. The van der Waals surface area contributed by atoms with Gasteiger partial charge in [0.1, 0.15) is 16.8 Å². The van der Waals surface area contributed by atoms with E-state index in [0.29, 0.717) is 11.7 Å². The standard InChI is InChI=1S/C13H19N3O2S/c1-8-6-11(12(14)19)16-13(15-8)18-10-5-3-4-9(7-10)17-2/h6,9-10H,3-5,7H2,1-2H3,(H2,14,19). The number of nitrogens with two attached hydrogens (primary N) is 1. The molecule has 1 heterocycles. The molecule has 19 heavy (non-hydrogen) atoms. The van der Waals surface area contributed by atoms with Gasteiger partial charge in [-0.3, -0.25) is 0 Å². The first-order valence-corrected chi connectivity index (χ1v) is 6.84. The van der Waals surface area contributed by atoms with Crippen LogP contribution in [0.1, 0.15) is 37.1 Å². The fourth-order valence-electron chi connectivity index (χ4n) is 2.29. The highest BCUT2D eigenvalue weighted by atomic mass is 32.1. The van der Waals surface area contributed by atoms with Crippen LogP contribution >= 0.6 is 12.2 Å². The third-order valence-electron chi connectivity index (χ3n) is 3.27. The maximum atomic E-state index is 5.84. The van der Waals surface area contributed by atoms with Crippen LogP contribution < -0.4 is 10.5 Å². The van der Waals surface area contributed by atoms with E-state index in [4.69, 9.17) is 27.4 Å². The number of hydrogen-bond donors (Lipinski definition) is 1. The Kier molecular flexibility index (Phi) is 4.66. The predicted molar refractivity (Wildman–Crippen MR) is 76.3 cm³/mol. The fourth-order valence-corrected chi connectivity index (χ4v) is 2.40. The third kappa shape index (κ3) is 3.84. The second kappa shape index (κ2) is 6.25. The minimum absolute atomic E-state index is 0.0969. The predicted octanol–water partition coefficient (Wildman–Crippen LogP) is 1.76. The summed E-state index contributed by atoms with van der Waals surface area (Å²) in [6.45, 7) is 1.87. The number of aromatic nitrogens is 2. The summed E-state index contributed by atoms with van der Waals surface area (Å²) in [5.74, 6) is 0. The Morgan fingerprint density at radius 2 is 2.11 bits per heavy atom. The van der Waals surface area contributed by atoms with Crippen molar-refractivity contribution in [2.45, 2.75) is 44.8 Å². The highest BCUT2D eigenvalue weighted by molar-refractivity contribution is 7.80. The van der Waals surface area contributed by atoms with Gasteiger partial charge in [-0.2, -0.15) is 4.98 Å². The highest BCUT2D eigenvalue weighted by Crippen LogP contribution is 2.24. The fraction of sp³-hybridized carbons (Fsp3) is 0.615. The lowest BCUT2D eigenvalue weighted by molar-refractivity contribution is 0.0178. The van der Waals surface area contributed by atoms with Crippen LogP contribution in [-0.4, -0.2) is 34.3 Å². The first-order chi connectivity index (χ1) is 9.08. The Hall–Kier alpha value is -1.27. The van der Waals surface area contributed by atoms with E-state index in [1.807, 2.05) is 6.92 Å². The largest absolute Gasteiger partial charge is 0.460 e. The molecule has 0 spiro atoms. The summed E-state index contributed by atoms with van der Waals surface area (Å²) in [5.41, 5.74) is 6.94. The molecule has 5 nitrogen and oxygen atoms in total. The highest BCUT2D eigenvalue weighted by Gasteiger charge is 2.24. The minimum Gasteiger partial charge on any atom is -0.460 e. The Bertz CT molecular complexity index is 467. The average Bonchev–Trinajstić information content (AvgIpc) is 2.38. The van der Waals surface area contributed by atoms with Gasteiger partial charge in [0, 0.05) is 19.2 Å².